The average molecular weight is 340 g/mol. The molecular weight excluding hydrogens is 320 g/mol. The molecule has 0 saturated carbocycles. The van der Waals surface area contributed by atoms with E-state index in [-0.39, 0.29) is 17.9 Å². The lowest BCUT2D eigenvalue weighted by atomic mass is 10.0. The van der Waals surface area contributed by atoms with Crippen LogP contribution in [0.2, 0.25) is 0 Å². The van der Waals surface area contributed by atoms with E-state index in [1.54, 1.807) is 0 Å². The molecule has 3 rings (SSSR count). The third-order valence-electron chi connectivity index (χ3n) is 4.13. The van der Waals surface area contributed by atoms with Crippen molar-refractivity contribution in [2.75, 3.05) is 0 Å². The molecule has 1 aromatic carbocycles. The Kier molecular flexibility index (Phi) is 4.62. The van der Waals surface area contributed by atoms with Crippen molar-refractivity contribution in [3.63, 3.8) is 0 Å². The fourth-order valence-corrected chi connectivity index (χ4v) is 3.52. The molecule has 0 atom stereocenters. The maximum absolute atomic E-state index is 12.5. The van der Waals surface area contributed by atoms with Gasteiger partial charge in [-0.1, -0.05) is 45.0 Å². The van der Waals surface area contributed by atoms with Crippen LogP contribution in [0.5, 0.6) is 0 Å². The highest BCUT2D eigenvalue weighted by Crippen LogP contribution is 2.21. The Bertz CT molecular complexity index is 936. The summed E-state index contributed by atoms with van der Waals surface area (Å²) in [6.07, 6.45) is 2.35. The Morgan fingerprint density at radius 3 is 2.58 bits per heavy atom. The van der Waals surface area contributed by atoms with Gasteiger partial charge in [-0.15, -0.1) is 11.3 Å². The summed E-state index contributed by atoms with van der Waals surface area (Å²) >= 11 is 1.53. The number of Topliss-reactive ketones (excluding diaryl/α,β-unsaturated/α-hetero) is 1. The molecule has 24 heavy (non-hydrogen) atoms. The SMILES string of the molecule is CCc1cc2c(=O)n(CC(=O)c3ccc(C(C)C)cc3)cnc2s1. The van der Waals surface area contributed by atoms with E-state index in [1.807, 2.05) is 37.3 Å². The molecule has 5 heteroatoms. The van der Waals surface area contributed by atoms with Gasteiger partial charge in [0.1, 0.15) is 4.83 Å². The number of rotatable bonds is 5. The third-order valence-corrected chi connectivity index (χ3v) is 5.32. The second-order valence-corrected chi connectivity index (χ2v) is 7.28. The van der Waals surface area contributed by atoms with E-state index >= 15 is 0 Å². The number of nitrogens with zero attached hydrogens (tertiary/aromatic N) is 2. The predicted molar refractivity (Wildman–Crippen MR) is 98.1 cm³/mol. The third kappa shape index (κ3) is 3.17. The summed E-state index contributed by atoms with van der Waals surface area (Å²) in [6.45, 7) is 6.29. The molecule has 0 N–H and O–H groups in total. The van der Waals surface area contributed by atoms with Crippen LogP contribution in [-0.4, -0.2) is 15.3 Å². The highest BCUT2D eigenvalue weighted by atomic mass is 32.1. The van der Waals surface area contributed by atoms with Crippen LogP contribution in [0.15, 0.2) is 41.5 Å². The van der Waals surface area contributed by atoms with E-state index in [1.165, 1.54) is 27.8 Å². The first kappa shape index (κ1) is 16.6. The minimum absolute atomic E-state index is 0.0140. The number of fused-ring (bicyclic) bond motifs is 1. The van der Waals surface area contributed by atoms with Gasteiger partial charge in [0.25, 0.3) is 5.56 Å². The number of hydrogen-bond acceptors (Lipinski definition) is 4. The standard InChI is InChI=1S/C19H20N2O2S/c1-4-15-9-16-18(24-15)20-11-21(19(16)23)10-17(22)14-7-5-13(6-8-14)12(2)3/h5-9,11-12H,4,10H2,1-3H3. The van der Waals surface area contributed by atoms with E-state index in [0.717, 1.165) is 16.1 Å². The number of ketones is 1. The van der Waals surface area contributed by atoms with Gasteiger partial charge >= 0.3 is 0 Å². The first-order valence-electron chi connectivity index (χ1n) is 8.10. The van der Waals surface area contributed by atoms with Gasteiger partial charge in [0.15, 0.2) is 5.78 Å². The zero-order valence-corrected chi connectivity index (χ0v) is 14.9. The summed E-state index contributed by atoms with van der Waals surface area (Å²) in [5.41, 5.74) is 1.66. The van der Waals surface area contributed by atoms with Crippen LogP contribution < -0.4 is 5.56 Å². The maximum atomic E-state index is 12.5. The lowest BCUT2D eigenvalue weighted by Crippen LogP contribution is -2.24. The molecule has 0 radical (unpaired) electrons. The largest absolute Gasteiger partial charge is 0.292 e. The summed E-state index contributed by atoms with van der Waals surface area (Å²) in [6, 6.07) is 9.47. The van der Waals surface area contributed by atoms with Crippen molar-refractivity contribution in [1.29, 1.82) is 0 Å². The summed E-state index contributed by atoms with van der Waals surface area (Å²) in [5, 5.41) is 0.599. The highest BCUT2D eigenvalue weighted by Gasteiger charge is 2.12. The molecular formula is C19H20N2O2S. The highest BCUT2D eigenvalue weighted by molar-refractivity contribution is 7.18. The second kappa shape index (κ2) is 6.69. The molecule has 0 fully saturated rings. The van der Waals surface area contributed by atoms with Crippen molar-refractivity contribution < 1.29 is 4.79 Å². The summed E-state index contributed by atoms with van der Waals surface area (Å²) in [5.74, 6) is 0.342. The Morgan fingerprint density at radius 2 is 1.96 bits per heavy atom. The van der Waals surface area contributed by atoms with Crippen LogP contribution in [0.25, 0.3) is 10.2 Å². The molecule has 0 aliphatic heterocycles. The van der Waals surface area contributed by atoms with E-state index in [9.17, 15) is 9.59 Å². The van der Waals surface area contributed by atoms with Gasteiger partial charge in [-0.25, -0.2) is 4.98 Å². The molecule has 124 valence electrons. The zero-order valence-electron chi connectivity index (χ0n) is 14.1. The Morgan fingerprint density at radius 1 is 1.25 bits per heavy atom. The molecule has 0 amide bonds. The minimum Gasteiger partial charge on any atom is -0.292 e. The molecule has 3 aromatic rings. The maximum Gasteiger partial charge on any atom is 0.262 e. The normalized spacial score (nSPS) is 11.3. The van der Waals surface area contributed by atoms with Gasteiger partial charge in [0.2, 0.25) is 0 Å². The predicted octanol–water partition coefficient (Wildman–Crippen LogP) is 4.03. The number of carbonyl (C=O) groups excluding carboxylic acids is 1. The summed E-state index contributed by atoms with van der Waals surface area (Å²) in [7, 11) is 0. The van der Waals surface area contributed by atoms with E-state index < -0.39 is 0 Å². The fourth-order valence-electron chi connectivity index (χ4n) is 2.60. The van der Waals surface area contributed by atoms with Gasteiger partial charge in [-0.2, -0.15) is 0 Å². The van der Waals surface area contributed by atoms with E-state index in [0.29, 0.717) is 16.9 Å². The first-order chi connectivity index (χ1) is 11.5. The number of carbonyl (C=O) groups is 1. The van der Waals surface area contributed by atoms with Crippen molar-refractivity contribution >= 4 is 27.3 Å². The van der Waals surface area contributed by atoms with Crippen molar-refractivity contribution in [2.45, 2.75) is 39.7 Å². The lowest BCUT2D eigenvalue weighted by Gasteiger charge is -2.07. The number of benzene rings is 1. The molecule has 2 aromatic heterocycles. The van der Waals surface area contributed by atoms with Gasteiger partial charge in [0.05, 0.1) is 18.3 Å². The van der Waals surface area contributed by atoms with Crippen LogP contribution in [0.4, 0.5) is 0 Å². The number of thiophene rings is 1. The summed E-state index contributed by atoms with van der Waals surface area (Å²) < 4.78 is 1.40. The average Bonchev–Trinajstić information content (AvgIpc) is 3.01. The molecule has 4 nitrogen and oxygen atoms in total. The van der Waals surface area contributed by atoms with Gasteiger partial charge in [-0.3, -0.25) is 14.2 Å². The topological polar surface area (TPSA) is 52.0 Å². The second-order valence-electron chi connectivity index (χ2n) is 6.16. The van der Waals surface area contributed by atoms with Crippen molar-refractivity contribution in [3.8, 4) is 0 Å². The van der Waals surface area contributed by atoms with Gasteiger partial charge in [-0.05, 0) is 24.0 Å². The molecule has 0 bridgehead atoms. The Hall–Kier alpha value is -2.27. The Labute approximate surface area is 144 Å². The minimum atomic E-state index is -0.150. The molecule has 0 unspecified atom stereocenters. The van der Waals surface area contributed by atoms with Crippen LogP contribution in [0.1, 0.15) is 47.5 Å². The molecule has 0 spiro atoms. The van der Waals surface area contributed by atoms with Crippen molar-refractivity contribution in [3.05, 3.63) is 63.0 Å². The molecule has 0 saturated heterocycles. The lowest BCUT2D eigenvalue weighted by molar-refractivity contribution is 0.0970. The van der Waals surface area contributed by atoms with Crippen LogP contribution in [0.3, 0.4) is 0 Å². The van der Waals surface area contributed by atoms with Crippen LogP contribution in [0, 0.1) is 0 Å². The number of aromatic nitrogens is 2. The van der Waals surface area contributed by atoms with Gasteiger partial charge < -0.3 is 0 Å². The molecule has 2 heterocycles. The van der Waals surface area contributed by atoms with E-state index in [4.69, 9.17) is 0 Å². The number of aryl methyl sites for hydroxylation is 1. The smallest absolute Gasteiger partial charge is 0.262 e. The number of hydrogen-bond donors (Lipinski definition) is 0. The Balaban J connectivity index is 1.87. The van der Waals surface area contributed by atoms with Crippen molar-refractivity contribution in [1.82, 2.24) is 9.55 Å². The van der Waals surface area contributed by atoms with Crippen LogP contribution >= 0.6 is 11.3 Å². The zero-order chi connectivity index (χ0) is 17.3. The first-order valence-corrected chi connectivity index (χ1v) is 8.92. The fraction of sp³-hybridized carbons (Fsp3) is 0.316. The van der Waals surface area contributed by atoms with Crippen LogP contribution in [-0.2, 0) is 13.0 Å². The molecule has 0 aliphatic carbocycles. The van der Waals surface area contributed by atoms with Gasteiger partial charge in [0, 0.05) is 10.4 Å². The van der Waals surface area contributed by atoms with Crippen molar-refractivity contribution in [2.24, 2.45) is 0 Å². The van der Waals surface area contributed by atoms with E-state index in [2.05, 4.69) is 18.8 Å². The monoisotopic (exact) mass is 340 g/mol. The quantitative estimate of drug-likeness (QED) is 0.659. The summed E-state index contributed by atoms with van der Waals surface area (Å²) in [4.78, 5) is 31.2. The molecule has 0 aliphatic rings.